The highest BCUT2D eigenvalue weighted by molar-refractivity contribution is 7.90. The molecule has 1 fully saturated rings. The second-order valence-electron chi connectivity index (χ2n) is 9.88. The number of hydrogen-bond acceptors (Lipinski definition) is 6. The number of carbonyl (C=O) groups is 2. The molecule has 40 heavy (non-hydrogen) atoms. The fourth-order valence-electron chi connectivity index (χ4n) is 5.01. The van der Waals surface area contributed by atoms with Crippen LogP contribution in [0.2, 0.25) is 0 Å². The number of carbonyl (C=O) groups excluding carboxylic acids is 2. The van der Waals surface area contributed by atoms with Gasteiger partial charge >= 0.3 is 6.09 Å². The van der Waals surface area contributed by atoms with Gasteiger partial charge in [-0.2, -0.15) is 0 Å². The molecule has 10 heteroatoms. The summed E-state index contributed by atoms with van der Waals surface area (Å²) in [6.07, 6.45) is 5.50. The third-order valence-corrected chi connectivity index (χ3v) is 8.58. The average molecular weight is 562 g/mol. The Morgan fingerprint density at radius 3 is 2.52 bits per heavy atom. The second kappa shape index (κ2) is 11.4. The summed E-state index contributed by atoms with van der Waals surface area (Å²) in [7, 11) is -2.53. The highest BCUT2D eigenvalue weighted by Crippen LogP contribution is 2.27. The van der Waals surface area contributed by atoms with Gasteiger partial charge in [-0.1, -0.05) is 24.3 Å². The van der Waals surface area contributed by atoms with Gasteiger partial charge in [-0.05, 0) is 80.6 Å². The van der Waals surface area contributed by atoms with Crippen molar-refractivity contribution in [3.63, 3.8) is 0 Å². The first-order chi connectivity index (χ1) is 19.2. The van der Waals surface area contributed by atoms with E-state index in [9.17, 15) is 18.0 Å². The Labute approximate surface area is 233 Å². The number of methoxy groups -OCH3 is 1. The summed E-state index contributed by atoms with van der Waals surface area (Å²) < 4.78 is 40.7. The maximum absolute atomic E-state index is 12.8. The van der Waals surface area contributed by atoms with Gasteiger partial charge in [0.1, 0.15) is 11.9 Å². The number of rotatable bonds is 8. The van der Waals surface area contributed by atoms with E-state index in [2.05, 4.69) is 10.0 Å². The second-order valence-corrected chi connectivity index (χ2v) is 11.5. The average Bonchev–Trinajstić information content (AvgIpc) is 3.58. The fourth-order valence-corrected chi connectivity index (χ4v) is 6.24. The minimum absolute atomic E-state index is 0.00489. The van der Waals surface area contributed by atoms with Crippen LogP contribution < -0.4 is 14.8 Å². The van der Waals surface area contributed by atoms with E-state index in [1.807, 2.05) is 35.0 Å². The summed E-state index contributed by atoms with van der Waals surface area (Å²) >= 11 is 0. The number of nitrogens with zero attached hydrogens (tertiary/aromatic N) is 1. The van der Waals surface area contributed by atoms with Crippen molar-refractivity contribution in [3.05, 3.63) is 89.6 Å². The molecule has 0 aliphatic heterocycles. The lowest BCUT2D eigenvalue weighted by Crippen LogP contribution is -2.31. The zero-order chi connectivity index (χ0) is 28.3. The highest BCUT2D eigenvalue weighted by Gasteiger charge is 2.22. The first kappa shape index (κ1) is 27.3. The Hall–Kier alpha value is -4.31. The van der Waals surface area contributed by atoms with Crippen LogP contribution in [0.15, 0.2) is 77.8 Å². The van der Waals surface area contributed by atoms with E-state index in [4.69, 9.17) is 9.47 Å². The number of ether oxygens (including phenoxy) is 2. The maximum atomic E-state index is 12.8. The lowest BCUT2D eigenvalue weighted by atomic mass is 10.1. The number of aryl methyl sites for hydroxylation is 1. The Kier molecular flexibility index (Phi) is 7.79. The van der Waals surface area contributed by atoms with E-state index in [0.717, 1.165) is 42.1 Å². The number of amides is 2. The van der Waals surface area contributed by atoms with Crippen LogP contribution in [-0.4, -0.2) is 38.2 Å². The predicted molar refractivity (Wildman–Crippen MR) is 152 cm³/mol. The lowest BCUT2D eigenvalue weighted by Gasteiger charge is -2.14. The van der Waals surface area contributed by atoms with E-state index in [1.165, 1.54) is 19.2 Å². The van der Waals surface area contributed by atoms with Crippen LogP contribution in [0.3, 0.4) is 0 Å². The van der Waals surface area contributed by atoms with Gasteiger partial charge in [-0.15, -0.1) is 0 Å². The molecule has 2 N–H and O–H groups in total. The molecule has 208 valence electrons. The summed E-state index contributed by atoms with van der Waals surface area (Å²) in [4.78, 5) is 25.1. The molecule has 1 saturated carbocycles. The van der Waals surface area contributed by atoms with Crippen LogP contribution in [0.1, 0.15) is 47.2 Å². The zero-order valence-corrected chi connectivity index (χ0v) is 23.2. The number of aromatic nitrogens is 1. The van der Waals surface area contributed by atoms with Crippen molar-refractivity contribution >= 4 is 38.6 Å². The first-order valence-electron chi connectivity index (χ1n) is 13.1. The van der Waals surface area contributed by atoms with Crippen LogP contribution in [0.4, 0.5) is 10.5 Å². The molecule has 3 aromatic carbocycles. The Morgan fingerprint density at radius 1 is 1.00 bits per heavy atom. The van der Waals surface area contributed by atoms with Gasteiger partial charge in [-0.25, -0.2) is 17.9 Å². The third-order valence-electron chi connectivity index (χ3n) is 7.09. The van der Waals surface area contributed by atoms with E-state index in [0.29, 0.717) is 23.5 Å². The maximum Gasteiger partial charge on any atom is 0.411 e. The van der Waals surface area contributed by atoms with E-state index in [-0.39, 0.29) is 16.6 Å². The number of nitrogens with one attached hydrogen (secondary N) is 2. The van der Waals surface area contributed by atoms with Crippen LogP contribution >= 0.6 is 0 Å². The number of sulfonamides is 1. The molecule has 1 aliphatic carbocycles. The third kappa shape index (κ3) is 5.96. The van der Waals surface area contributed by atoms with E-state index >= 15 is 0 Å². The molecular formula is C30H31N3O6S. The van der Waals surface area contributed by atoms with Gasteiger partial charge in [0.2, 0.25) is 0 Å². The van der Waals surface area contributed by atoms with Crippen molar-refractivity contribution in [2.24, 2.45) is 0 Å². The van der Waals surface area contributed by atoms with Gasteiger partial charge in [-0.3, -0.25) is 10.1 Å². The van der Waals surface area contributed by atoms with Crippen molar-refractivity contribution in [3.8, 4) is 5.75 Å². The molecule has 5 rings (SSSR count). The quantitative estimate of drug-likeness (QED) is 0.289. The molecule has 1 aliphatic rings. The van der Waals surface area contributed by atoms with Crippen LogP contribution in [0.5, 0.6) is 5.75 Å². The monoisotopic (exact) mass is 561 g/mol. The Bertz CT molecular complexity index is 1670. The first-order valence-corrected chi connectivity index (χ1v) is 14.6. The number of hydrogen-bond donors (Lipinski definition) is 2. The van der Waals surface area contributed by atoms with Crippen molar-refractivity contribution in [1.29, 1.82) is 0 Å². The number of anilines is 1. The Balaban J connectivity index is 1.29. The van der Waals surface area contributed by atoms with Crippen LogP contribution in [0, 0.1) is 6.92 Å². The van der Waals surface area contributed by atoms with Gasteiger partial charge in [0, 0.05) is 33.9 Å². The number of benzene rings is 3. The Morgan fingerprint density at radius 2 is 1.77 bits per heavy atom. The zero-order valence-electron chi connectivity index (χ0n) is 22.3. The summed E-state index contributed by atoms with van der Waals surface area (Å²) in [6, 6.07) is 18.9. The van der Waals surface area contributed by atoms with Crippen LogP contribution in [-0.2, 0) is 21.3 Å². The molecule has 1 heterocycles. The molecule has 0 spiro atoms. The van der Waals surface area contributed by atoms with Crippen LogP contribution in [0.25, 0.3) is 10.9 Å². The largest absolute Gasteiger partial charge is 0.496 e. The molecule has 2 amide bonds. The molecule has 9 nitrogen and oxygen atoms in total. The molecule has 0 saturated heterocycles. The smallest absolute Gasteiger partial charge is 0.411 e. The minimum atomic E-state index is -4.03. The van der Waals surface area contributed by atoms with Crippen molar-refractivity contribution in [2.45, 2.75) is 50.2 Å². The lowest BCUT2D eigenvalue weighted by molar-refractivity contribution is 0.0980. The SMILES string of the molecule is COc1cc(C(=O)NS(=O)(=O)c2ccccc2C)ccc1Cn1ccc2cc(NC(=O)OC3CCCC3)ccc21. The van der Waals surface area contributed by atoms with Gasteiger partial charge in [0.25, 0.3) is 15.9 Å². The highest BCUT2D eigenvalue weighted by atomic mass is 32.2. The minimum Gasteiger partial charge on any atom is -0.496 e. The molecule has 4 aromatic rings. The van der Waals surface area contributed by atoms with Gasteiger partial charge < -0.3 is 14.0 Å². The summed E-state index contributed by atoms with van der Waals surface area (Å²) in [5, 5.41) is 3.75. The van der Waals surface area contributed by atoms with Crippen molar-refractivity contribution in [1.82, 2.24) is 9.29 Å². The van der Waals surface area contributed by atoms with Crippen molar-refractivity contribution in [2.75, 3.05) is 12.4 Å². The molecular weight excluding hydrogens is 530 g/mol. The van der Waals surface area contributed by atoms with Gasteiger partial charge in [0.15, 0.2) is 0 Å². The molecule has 0 bridgehead atoms. The predicted octanol–water partition coefficient (Wildman–Crippen LogP) is 5.62. The standard InChI is InChI=1S/C30H31N3O6S/c1-20-7-3-6-10-28(20)40(36,37)32-29(34)22-11-12-23(27(18-22)38-2)19-33-16-15-21-17-24(13-14-26(21)33)31-30(35)39-25-8-4-5-9-25/h3,6-7,10-18,25H,4-5,8-9,19H2,1-2H3,(H,31,35)(H,32,34). The molecule has 0 unspecified atom stereocenters. The summed E-state index contributed by atoms with van der Waals surface area (Å²) in [6.45, 7) is 2.12. The normalized spacial score (nSPS) is 13.8. The molecule has 0 atom stereocenters. The summed E-state index contributed by atoms with van der Waals surface area (Å²) in [5.74, 6) is -0.290. The molecule has 0 radical (unpaired) electrons. The fraction of sp³-hybridized carbons (Fsp3) is 0.267. The topological polar surface area (TPSA) is 116 Å². The summed E-state index contributed by atoms with van der Waals surface area (Å²) in [5.41, 5.74) is 3.11. The molecule has 1 aromatic heterocycles. The van der Waals surface area contributed by atoms with E-state index in [1.54, 1.807) is 37.3 Å². The van der Waals surface area contributed by atoms with Crippen molar-refractivity contribution < 1.29 is 27.5 Å². The van der Waals surface area contributed by atoms with E-state index < -0.39 is 22.0 Å². The van der Waals surface area contributed by atoms with Gasteiger partial charge in [0.05, 0.1) is 18.6 Å². The number of fused-ring (bicyclic) bond motifs is 1.